The van der Waals surface area contributed by atoms with Crippen LogP contribution in [0.4, 0.5) is 11.4 Å². The Morgan fingerprint density at radius 2 is 1.39 bits per heavy atom. The van der Waals surface area contributed by atoms with Gasteiger partial charge in [0.2, 0.25) is 0 Å². The number of hydrogen-bond donors (Lipinski definition) is 1. The lowest BCUT2D eigenvalue weighted by molar-refractivity contribution is 0.578. The Morgan fingerprint density at radius 3 is 2.25 bits per heavy atom. The highest BCUT2D eigenvalue weighted by atomic mass is 15.1. The summed E-state index contributed by atoms with van der Waals surface area (Å²) in [6, 6.07) is 37.6. The summed E-state index contributed by atoms with van der Waals surface area (Å²) in [6.07, 6.45) is 14.6. The maximum atomic E-state index is 3.81. The number of rotatable bonds is 8. The van der Waals surface area contributed by atoms with Gasteiger partial charge in [0.05, 0.1) is 0 Å². The van der Waals surface area contributed by atoms with Crippen molar-refractivity contribution in [3.8, 4) is 22.3 Å². The van der Waals surface area contributed by atoms with Gasteiger partial charge in [-0.3, -0.25) is 0 Å². The summed E-state index contributed by atoms with van der Waals surface area (Å²) in [7, 11) is 0. The molecule has 0 aromatic heterocycles. The second-order valence-electron chi connectivity index (χ2n) is 15.6. The summed E-state index contributed by atoms with van der Waals surface area (Å²) in [6.45, 7) is 10.5. The molecule has 0 spiro atoms. The molecule has 3 aliphatic rings. The van der Waals surface area contributed by atoms with Crippen LogP contribution in [0.5, 0.6) is 0 Å². The molecule has 1 aliphatic heterocycles. The van der Waals surface area contributed by atoms with Crippen molar-refractivity contribution in [2.75, 3.05) is 29.9 Å². The Kier molecular flexibility index (Phi) is 8.22. The van der Waals surface area contributed by atoms with Gasteiger partial charge in [-0.2, -0.15) is 0 Å². The number of piperidine rings is 1. The zero-order valence-corrected chi connectivity index (χ0v) is 30.6. The van der Waals surface area contributed by atoms with E-state index >= 15 is 0 Å². The van der Waals surface area contributed by atoms with Gasteiger partial charge in [-0.25, -0.2) is 0 Å². The molecule has 0 atom stereocenters. The first-order valence-corrected chi connectivity index (χ1v) is 19.6. The number of nitrogens with zero attached hydrogens (tertiary/aromatic N) is 1. The molecule has 256 valence electrons. The molecular formula is C49H50N2. The second-order valence-corrected chi connectivity index (χ2v) is 15.6. The molecule has 6 aromatic carbocycles. The van der Waals surface area contributed by atoms with Crippen molar-refractivity contribution >= 4 is 49.3 Å². The SMILES string of the molecule is CCCCCNc1ccc2c(-c3cccc4c3C(C)(C)C3=C4CCC=C3)c3cc(N4CCCCC4)ccc3c(-c3cccc4ccccc34)c2c1. The largest absolute Gasteiger partial charge is 0.385 e. The van der Waals surface area contributed by atoms with Gasteiger partial charge >= 0.3 is 0 Å². The molecule has 0 radical (unpaired) electrons. The van der Waals surface area contributed by atoms with Gasteiger partial charge in [0.1, 0.15) is 0 Å². The second kappa shape index (κ2) is 13.1. The predicted octanol–water partition coefficient (Wildman–Crippen LogP) is 13.5. The Bertz CT molecular complexity index is 2360. The monoisotopic (exact) mass is 666 g/mol. The molecule has 1 N–H and O–H groups in total. The fourth-order valence-corrected chi connectivity index (χ4v) is 9.66. The quantitative estimate of drug-likeness (QED) is 0.128. The van der Waals surface area contributed by atoms with Crippen LogP contribution in [0.2, 0.25) is 0 Å². The van der Waals surface area contributed by atoms with Crippen molar-refractivity contribution in [1.29, 1.82) is 0 Å². The van der Waals surface area contributed by atoms with E-state index in [0.29, 0.717) is 0 Å². The van der Waals surface area contributed by atoms with Crippen LogP contribution in [-0.4, -0.2) is 19.6 Å². The smallest absolute Gasteiger partial charge is 0.0372 e. The summed E-state index contributed by atoms with van der Waals surface area (Å²) in [5, 5.41) is 11.8. The highest BCUT2D eigenvalue weighted by Crippen LogP contribution is 2.55. The number of fused-ring (bicyclic) bond motifs is 5. The van der Waals surface area contributed by atoms with E-state index in [1.165, 1.54) is 121 Å². The number of allylic oxidation sites excluding steroid dienone is 4. The van der Waals surface area contributed by atoms with Gasteiger partial charge in [-0.05, 0) is 140 Å². The van der Waals surface area contributed by atoms with Crippen molar-refractivity contribution in [3.05, 3.63) is 126 Å². The van der Waals surface area contributed by atoms with E-state index < -0.39 is 0 Å². The van der Waals surface area contributed by atoms with Crippen molar-refractivity contribution in [2.24, 2.45) is 0 Å². The number of benzene rings is 6. The van der Waals surface area contributed by atoms with Crippen LogP contribution >= 0.6 is 0 Å². The topological polar surface area (TPSA) is 15.3 Å². The summed E-state index contributed by atoms with van der Waals surface area (Å²) in [4.78, 5) is 2.63. The van der Waals surface area contributed by atoms with Crippen molar-refractivity contribution in [1.82, 2.24) is 0 Å². The minimum Gasteiger partial charge on any atom is -0.385 e. The van der Waals surface area contributed by atoms with Gasteiger partial charge < -0.3 is 10.2 Å². The summed E-state index contributed by atoms with van der Waals surface area (Å²) >= 11 is 0. The number of unbranched alkanes of at least 4 members (excludes halogenated alkanes) is 2. The molecule has 2 aliphatic carbocycles. The molecule has 0 saturated carbocycles. The van der Waals surface area contributed by atoms with E-state index in [4.69, 9.17) is 0 Å². The van der Waals surface area contributed by atoms with E-state index in [2.05, 4.69) is 140 Å². The average Bonchev–Trinajstić information content (AvgIpc) is 3.42. The number of nitrogens with one attached hydrogen (secondary N) is 1. The molecule has 1 heterocycles. The van der Waals surface area contributed by atoms with E-state index in [-0.39, 0.29) is 5.41 Å². The van der Waals surface area contributed by atoms with Gasteiger partial charge in [0, 0.05) is 36.4 Å². The van der Waals surface area contributed by atoms with Gasteiger partial charge in [0.15, 0.2) is 0 Å². The normalized spacial score (nSPS) is 16.6. The molecule has 2 heteroatoms. The summed E-state index contributed by atoms with van der Waals surface area (Å²) in [5.41, 5.74) is 13.9. The van der Waals surface area contributed by atoms with Gasteiger partial charge in [-0.15, -0.1) is 0 Å². The van der Waals surface area contributed by atoms with Crippen LogP contribution < -0.4 is 10.2 Å². The Balaban J connectivity index is 1.39. The van der Waals surface area contributed by atoms with Crippen LogP contribution in [-0.2, 0) is 5.41 Å². The zero-order chi connectivity index (χ0) is 34.5. The fraction of sp³-hybridized carbons (Fsp3) is 0.306. The molecule has 1 saturated heterocycles. The van der Waals surface area contributed by atoms with E-state index in [9.17, 15) is 0 Å². The Labute approximate surface area is 303 Å². The lowest BCUT2D eigenvalue weighted by Crippen LogP contribution is -2.29. The molecule has 0 unspecified atom stereocenters. The highest BCUT2D eigenvalue weighted by Gasteiger charge is 2.39. The Morgan fingerprint density at radius 1 is 0.667 bits per heavy atom. The lowest BCUT2D eigenvalue weighted by Gasteiger charge is -2.30. The number of hydrogen-bond acceptors (Lipinski definition) is 2. The standard InChI is InChI=1S/C49H50N2/c1-4-5-11-28-50-34-24-26-39-43(31-34)46(38-20-14-17-33-16-7-8-18-36(33)38)40-27-25-35(51-29-12-6-13-30-51)32-44(40)47(39)42-22-15-21-41-37-19-9-10-23-45(37)49(2,3)48(41)42/h7-8,10,14-18,20-27,31-32,50H,4-6,9,11-13,19,28-30H2,1-3H3. The lowest BCUT2D eigenvalue weighted by atomic mass is 9.75. The molecule has 9 rings (SSSR count). The molecule has 6 aromatic rings. The molecule has 1 fully saturated rings. The van der Waals surface area contributed by atoms with Crippen molar-refractivity contribution in [3.63, 3.8) is 0 Å². The van der Waals surface area contributed by atoms with E-state index in [1.807, 2.05) is 0 Å². The minimum absolute atomic E-state index is 0.0730. The van der Waals surface area contributed by atoms with Crippen molar-refractivity contribution < 1.29 is 0 Å². The maximum absolute atomic E-state index is 3.81. The Hall–Kier alpha value is -4.82. The van der Waals surface area contributed by atoms with E-state index in [1.54, 1.807) is 5.57 Å². The summed E-state index contributed by atoms with van der Waals surface area (Å²) in [5.74, 6) is 0. The molecule has 2 nitrogen and oxygen atoms in total. The van der Waals surface area contributed by atoms with Gasteiger partial charge in [0.25, 0.3) is 0 Å². The predicted molar refractivity (Wildman–Crippen MR) is 222 cm³/mol. The third kappa shape index (κ3) is 5.38. The van der Waals surface area contributed by atoms with Gasteiger partial charge in [-0.1, -0.05) is 119 Å². The minimum atomic E-state index is -0.0730. The molecule has 0 bridgehead atoms. The molecular weight excluding hydrogens is 617 g/mol. The third-order valence-corrected chi connectivity index (χ3v) is 12.1. The first kappa shape index (κ1) is 32.1. The molecule has 51 heavy (non-hydrogen) atoms. The average molecular weight is 667 g/mol. The van der Waals surface area contributed by atoms with Crippen LogP contribution in [0.1, 0.15) is 83.3 Å². The first-order valence-electron chi connectivity index (χ1n) is 19.6. The first-order chi connectivity index (χ1) is 25.0. The maximum Gasteiger partial charge on any atom is 0.0372 e. The fourth-order valence-electron chi connectivity index (χ4n) is 9.66. The van der Waals surface area contributed by atoms with Crippen LogP contribution in [0.3, 0.4) is 0 Å². The third-order valence-electron chi connectivity index (χ3n) is 12.1. The molecule has 0 amide bonds. The zero-order valence-electron chi connectivity index (χ0n) is 30.6. The van der Waals surface area contributed by atoms with Crippen molar-refractivity contribution in [2.45, 2.75) is 77.6 Å². The van der Waals surface area contributed by atoms with Crippen LogP contribution in [0, 0.1) is 0 Å². The number of anilines is 2. The summed E-state index contributed by atoms with van der Waals surface area (Å²) < 4.78 is 0. The van der Waals surface area contributed by atoms with E-state index in [0.717, 1.165) is 32.5 Å². The van der Waals surface area contributed by atoms with Crippen LogP contribution in [0.25, 0.3) is 60.1 Å². The van der Waals surface area contributed by atoms with Crippen LogP contribution in [0.15, 0.2) is 115 Å². The highest BCUT2D eigenvalue weighted by molar-refractivity contribution is 6.25.